The number of carbonyl (C=O) groups is 2. The number of rotatable bonds is 6. The van der Waals surface area contributed by atoms with Crippen LogP contribution in [0.3, 0.4) is 0 Å². The molecule has 0 fully saturated rings. The quantitative estimate of drug-likeness (QED) is 0.632. The molecule has 0 spiro atoms. The van der Waals surface area contributed by atoms with Gasteiger partial charge in [0.2, 0.25) is 0 Å². The number of hydrogen-bond donors (Lipinski definition) is 1. The van der Waals surface area contributed by atoms with E-state index in [9.17, 15) is 14.0 Å². The maximum atomic E-state index is 12.8. The Labute approximate surface area is 150 Å². The Morgan fingerprint density at radius 2 is 1.92 bits per heavy atom. The third-order valence-electron chi connectivity index (χ3n) is 3.49. The number of aryl methyl sites for hydroxylation is 2. The Kier molecular flexibility index (Phi) is 6.47. The van der Waals surface area contributed by atoms with E-state index < -0.39 is 18.5 Å². The highest BCUT2D eigenvalue weighted by molar-refractivity contribution is 6.32. The topological polar surface area (TPSA) is 68.3 Å². The molecule has 2 rings (SSSR count). The fourth-order valence-corrected chi connectivity index (χ4v) is 2.65. The minimum absolute atomic E-state index is 0.0548. The van der Waals surface area contributed by atoms with Gasteiger partial charge in [-0.15, -0.1) is 0 Å². The molecule has 0 radical (unpaired) electrons. The fraction of sp³-hybridized carbons (Fsp3) is 0.278. The van der Waals surface area contributed by atoms with Crippen LogP contribution >= 0.6 is 11.6 Å². The van der Waals surface area contributed by atoms with Gasteiger partial charge in [-0.25, -0.2) is 14.2 Å². The van der Waals surface area contributed by atoms with Crippen molar-refractivity contribution in [2.75, 3.05) is 13.2 Å². The number of nitrogens with one attached hydrogen (secondary N) is 1. The van der Waals surface area contributed by atoms with Crippen LogP contribution in [0.4, 0.5) is 4.39 Å². The second-order valence-corrected chi connectivity index (χ2v) is 5.91. The second-order valence-electron chi connectivity index (χ2n) is 5.55. The molecule has 0 saturated carbocycles. The van der Waals surface area contributed by atoms with Crippen LogP contribution in [-0.2, 0) is 16.0 Å². The minimum Gasteiger partial charge on any atom is -0.452 e. The molecule has 2 aromatic rings. The number of halogens is 2. The fourth-order valence-electron chi connectivity index (χ4n) is 2.29. The number of nitrogens with zero attached hydrogens (tertiary/aromatic N) is 1. The van der Waals surface area contributed by atoms with Crippen LogP contribution in [-0.4, -0.2) is 30.0 Å². The zero-order chi connectivity index (χ0) is 18.4. The van der Waals surface area contributed by atoms with E-state index >= 15 is 0 Å². The van der Waals surface area contributed by atoms with E-state index in [1.54, 1.807) is 32.0 Å². The van der Waals surface area contributed by atoms with Gasteiger partial charge in [0.1, 0.15) is 11.0 Å². The Bertz CT molecular complexity index is 755. The molecule has 0 atom stereocenters. The molecule has 1 amide bonds. The van der Waals surface area contributed by atoms with Gasteiger partial charge < -0.3 is 10.1 Å². The van der Waals surface area contributed by atoms with Gasteiger partial charge in [0.25, 0.3) is 5.91 Å². The molecule has 7 heteroatoms. The Morgan fingerprint density at radius 3 is 2.56 bits per heavy atom. The van der Waals surface area contributed by atoms with Crippen molar-refractivity contribution in [3.8, 4) is 0 Å². The lowest BCUT2D eigenvalue weighted by molar-refractivity contribution is -0.124. The molecule has 0 unspecified atom stereocenters. The van der Waals surface area contributed by atoms with Crippen LogP contribution in [0, 0.1) is 19.7 Å². The summed E-state index contributed by atoms with van der Waals surface area (Å²) in [6.07, 6.45) is 0.548. The SMILES string of the molecule is Cc1cc(C)c(C(=O)OCC(=O)NCCc2ccc(F)cc2)c(Cl)n1. The van der Waals surface area contributed by atoms with Gasteiger partial charge in [0.15, 0.2) is 6.61 Å². The molecule has 1 aromatic heterocycles. The van der Waals surface area contributed by atoms with E-state index in [4.69, 9.17) is 16.3 Å². The summed E-state index contributed by atoms with van der Waals surface area (Å²) in [5.74, 6) is -1.42. The number of aromatic nitrogens is 1. The smallest absolute Gasteiger partial charge is 0.342 e. The van der Waals surface area contributed by atoms with Crippen molar-refractivity contribution in [1.82, 2.24) is 10.3 Å². The number of amides is 1. The molecule has 25 heavy (non-hydrogen) atoms. The van der Waals surface area contributed by atoms with E-state index in [0.29, 0.717) is 24.2 Å². The largest absolute Gasteiger partial charge is 0.452 e. The number of hydrogen-bond acceptors (Lipinski definition) is 4. The Hall–Kier alpha value is -2.47. The van der Waals surface area contributed by atoms with Crippen molar-refractivity contribution in [1.29, 1.82) is 0 Å². The lowest BCUT2D eigenvalue weighted by Gasteiger charge is -2.09. The summed E-state index contributed by atoms with van der Waals surface area (Å²) in [7, 11) is 0. The zero-order valence-electron chi connectivity index (χ0n) is 13.9. The van der Waals surface area contributed by atoms with Crippen molar-refractivity contribution < 1.29 is 18.7 Å². The standard InChI is InChI=1S/C18H18ClFN2O3/c1-11-9-12(2)22-17(19)16(11)18(24)25-10-15(23)21-8-7-13-3-5-14(20)6-4-13/h3-6,9H,7-8,10H2,1-2H3,(H,21,23). The van der Waals surface area contributed by atoms with Crippen LogP contribution in [0.2, 0.25) is 5.15 Å². The lowest BCUT2D eigenvalue weighted by atomic mass is 10.1. The van der Waals surface area contributed by atoms with Gasteiger partial charge in [0.05, 0.1) is 5.56 Å². The molecule has 0 aliphatic rings. The number of carbonyl (C=O) groups excluding carboxylic acids is 2. The van der Waals surface area contributed by atoms with E-state index in [-0.39, 0.29) is 16.5 Å². The predicted octanol–water partition coefficient (Wildman–Crippen LogP) is 3.01. The molecule has 0 aliphatic carbocycles. The summed E-state index contributed by atoms with van der Waals surface area (Å²) in [6, 6.07) is 7.74. The summed E-state index contributed by atoms with van der Waals surface area (Å²) in [6.45, 7) is 3.43. The lowest BCUT2D eigenvalue weighted by Crippen LogP contribution is -2.30. The summed E-state index contributed by atoms with van der Waals surface area (Å²) in [5, 5.41) is 2.69. The highest BCUT2D eigenvalue weighted by atomic mass is 35.5. The average Bonchev–Trinajstić information content (AvgIpc) is 2.54. The van der Waals surface area contributed by atoms with Crippen LogP contribution in [0.25, 0.3) is 0 Å². The Morgan fingerprint density at radius 1 is 1.24 bits per heavy atom. The number of esters is 1. The second kappa shape index (κ2) is 8.58. The van der Waals surface area contributed by atoms with Crippen LogP contribution in [0.5, 0.6) is 0 Å². The van der Waals surface area contributed by atoms with Crippen LogP contribution in [0.15, 0.2) is 30.3 Å². The predicted molar refractivity (Wildman–Crippen MR) is 92.1 cm³/mol. The highest BCUT2D eigenvalue weighted by Crippen LogP contribution is 2.19. The average molecular weight is 365 g/mol. The molecule has 132 valence electrons. The first-order chi connectivity index (χ1) is 11.9. The first kappa shape index (κ1) is 18.9. The van der Waals surface area contributed by atoms with Crippen LogP contribution in [0.1, 0.15) is 27.2 Å². The molecule has 1 N–H and O–H groups in total. The van der Waals surface area contributed by atoms with Crippen molar-refractivity contribution in [3.05, 3.63) is 63.7 Å². The summed E-state index contributed by atoms with van der Waals surface area (Å²) >= 11 is 5.97. The number of benzene rings is 1. The first-order valence-corrected chi connectivity index (χ1v) is 8.06. The van der Waals surface area contributed by atoms with E-state index in [1.807, 2.05) is 0 Å². The maximum absolute atomic E-state index is 12.8. The van der Waals surface area contributed by atoms with E-state index in [1.165, 1.54) is 12.1 Å². The zero-order valence-corrected chi connectivity index (χ0v) is 14.7. The van der Waals surface area contributed by atoms with Gasteiger partial charge >= 0.3 is 5.97 Å². The molecule has 1 aromatic carbocycles. The van der Waals surface area contributed by atoms with Crippen molar-refractivity contribution in [2.45, 2.75) is 20.3 Å². The first-order valence-electron chi connectivity index (χ1n) is 7.69. The Balaban J connectivity index is 1.80. The molecule has 1 heterocycles. The van der Waals surface area contributed by atoms with Gasteiger partial charge in [-0.2, -0.15) is 0 Å². The van der Waals surface area contributed by atoms with E-state index in [2.05, 4.69) is 10.3 Å². The molecular formula is C18H18ClFN2O3. The molecule has 0 aliphatic heterocycles. The van der Waals surface area contributed by atoms with Gasteiger partial charge in [-0.3, -0.25) is 4.79 Å². The summed E-state index contributed by atoms with van der Waals surface area (Å²) in [5.41, 5.74) is 2.38. The molecule has 5 nitrogen and oxygen atoms in total. The van der Waals surface area contributed by atoms with E-state index in [0.717, 1.165) is 5.56 Å². The number of pyridine rings is 1. The van der Waals surface area contributed by atoms with Crippen molar-refractivity contribution in [3.63, 3.8) is 0 Å². The third-order valence-corrected chi connectivity index (χ3v) is 3.76. The van der Waals surface area contributed by atoms with Crippen molar-refractivity contribution in [2.24, 2.45) is 0 Å². The van der Waals surface area contributed by atoms with Crippen LogP contribution < -0.4 is 5.32 Å². The van der Waals surface area contributed by atoms with Gasteiger partial charge in [-0.05, 0) is 49.6 Å². The van der Waals surface area contributed by atoms with Gasteiger partial charge in [-0.1, -0.05) is 23.7 Å². The van der Waals surface area contributed by atoms with Gasteiger partial charge in [0, 0.05) is 12.2 Å². The normalized spacial score (nSPS) is 10.4. The summed E-state index contributed by atoms with van der Waals surface area (Å²) in [4.78, 5) is 27.8. The summed E-state index contributed by atoms with van der Waals surface area (Å²) < 4.78 is 17.8. The monoisotopic (exact) mass is 364 g/mol. The van der Waals surface area contributed by atoms with Crippen molar-refractivity contribution >= 4 is 23.5 Å². The molecular weight excluding hydrogens is 347 g/mol. The molecule has 0 saturated heterocycles. The highest BCUT2D eigenvalue weighted by Gasteiger charge is 2.18. The molecule has 0 bridgehead atoms. The third kappa shape index (κ3) is 5.53. The maximum Gasteiger partial charge on any atom is 0.342 e. The number of ether oxygens (including phenoxy) is 1. The minimum atomic E-state index is -0.691.